The van der Waals surface area contributed by atoms with Crippen molar-refractivity contribution < 1.29 is 4.39 Å². The van der Waals surface area contributed by atoms with Gasteiger partial charge in [0.05, 0.1) is 11.6 Å². The number of benzene rings is 2. The molecular formula is C23H23ClFN5S2. The number of aromatic nitrogens is 4. The Bertz CT molecular complexity index is 1240. The topological polar surface area (TPSA) is 46.8 Å². The third-order valence-electron chi connectivity index (χ3n) is 5.30. The number of hydrogen-bond donors (Lipinski definition) is 0. The van der Waals surface area contributed by atoms with Crippen LogP contribution in [0.1, 0.15) is 24.4 Å². The monoisotopic (exact) mass is 487 g/mol. The van der Waals surface area contributed by atoms with E-state index in [0.29, 0.717) is 16.1 Å². The number of halogens is 2. The number of thioether (sulfide) groups is 2. The van der Waals surface area contributed by atoms with Crippen molar-refractivity contribution in [3.8, 4) is 5.69 Å². The summed E-state index contributed by atoms with van der Waals surface area (Å²) >= 11 is 9.72. The highest BCUT2D eigenvalue weighted by atomic mass is 35.5. The van der Waals surface area contributed by atoms with Crippen LogP contribution in [0.25, 0.3) is 16.6 Å². The van der Waals surface area contributed by atoms with Crippen LogP contribution < -0.4 is 0 Å². The first-order valence-corrected chi connectivity index (χ1v) is 12.6. The lowest BCUT2D eigenvalue weighted by Crippen LogP contribution is -2.20. The molecule has 0 fully saturated rings. The van der Waals surface area contributed by atoms with E-state index >= 15 is 0 Å². The van der Waals surface area contributed by atoms with Crippen molar-refractivity contribution in [2.75, 3.05) is 20.4 Å². The summed E-state index contributed by atoms with van der Waals surface area (Å²) in [6.07, 6.45) is 2.04. The van der Waals surface area contributed by atoms with Crippen LogP contribution in [0.15, 0.2) is 58.6 Å². The highest BCUT2D eigenvalue weighted by molar-refractivity contribution is 7.98. The van der Waals surface area contributed by atoms with Crippen molar-refractivity contribution in [1.29, 1.82) is 0 Å². The molecule has 1 unspecified atom stereocenters. The molecule has 0 aliphatic heterocycles. The third-order valence-corrected chi connectivity index (χ3v) is 7.33. The predicted octanol–water partition coefficient (Wildman–Crippen LogP) is 6.24. The second kappa shape index (κ2) is 9.79. The fraction of sp³-hybridized carbons (Fsp3) is 0.261. The van der Waals surface area contributed by atoms with Crippen LogP contribution in [0.3, 0.4) is 0 Å². The van der Waals surface area contributed by atoms with Gasteiger partial charge in [-0.1, -0.05) is 29.4 Å². The maximum atomic E-state index is 13.5. The lowest BCUT2D eigenvalue weighted by molar-refractivity contribution is 0.305. The SMILES string of the molecule is CSc1ccc2cc(CSc3nnc(C(C)N(C)C)n3-c3ccc(F)cc3)c(Cl)nc2c1. The first-order valence-electron chi connectivity index (χ1n) is 10.0. The van der Waals surface area contributed by atoms with Gasteiger partial charge in [0.25, 0.3) is 0 Å². The summed E-state index contributed by atoms with van der Waals surface area (Å²) in [5, 5.41) is 11.1. The van der Waals surface area contributed by atoms with Gasteiger partial charge in [0.15, 0.2) is 11.0 Å². The highest BCUT2D eigenvalue weighted by Gasteiger charge is 2.21. The van der Waals surface area contributed by atoms with Crippen LogP contribution in [0.2, 0.25) is 5.15 Å². The zero-order chi connectivity index (χ0) is 22.8. The Labute approximate surface area is 200 Å². The van der Waals surface area contributed by atoms with Gasteiger partial charge >= 0.3 is 0 Å². The minimum Gasteiger partial charge on any atom is -0.300 e. The molecule has 0 saturated carbocycles. The van der Waals surface area contributed by atoms with Crippen molar-refractivity contribution in [3.05, 3.63) is 70.9 Å². The van der Waals surface area contributed by atoms with E-state index in [2.05, 4.69) is 45.2 Å². The zero-order valence-electron chi connectivity index (χ0n) is 18.2. The van der Waals surface area contributed by atoms with Crippen LogP contribution in [0.5, 0.6) is 0 Å². The molecule has 0 spiro atoms. The van der Waals surface area contributed by atoms with E-state index in [1.165, 1.54) is 23.9 Å². The molecule has 4 rings (SSSR count). The average molecular weight is 488 g/mol. The molecule has 5 nitrogen and oxygen atoms in total. The Kier molecular flexibility index (Phi) is 7.05. The largest absolute Gasteiger partial charge is 0.300 e. The Hall–Kier alpha value is -2.13. The van der Waals surface area contributed by atoms with Crippen LogP contribution >= 0.6 is 35.1 Å². The maximum absolute atomic E-state index is 13.5. The Morgan fingerprint density at radius 2 is 1.84 bits per heavy atom. The predicted molar refractivity (Wildman–Crippen MR) is 132 cm³/mol. The minimum absolute atomic E-state index is 0.0263. The van der Waals surface area contributed by atoms with Gasteiger partial charge in [-0.2, -0.15) is 0 Å². The zero-order valence-corrected chi connectivity index (χ0v) is 20.6. The quantitative estimate of drug-likeness (QED) is 0.227. The second-order valence-corrected chi connectivity index (χ2v) is 9.76. The summed E-state index contributed by atoms with van der Waals surface area (Å²) in [7, 11) is 3.98. The number of hydrogen-bond acceptors (Lipinski definition) is 6. The van der Waals surface area contributed by atoms with E-state index in [1.54, 1.807) is 23.9 Å². The van der Waals surface area contributed by atoms with Crippen molar-refractivity contribution >= 4 is 46.0 Å². The smallest absolute Gasteiger partial charge is 0.196 e. The first kappa shape index (κ1) is 23.0. The molecule has 0 aliphatic rings. The Morgan fingerprint density at radius 3 is 2.53 bits per heavy atom. The van der Waals surface area contributed by atoms with E-state index in [1.807, 2.05) is 31.0 Å². The van der Waals surface area contributed by atoms with E-state index in [-0.39, 0.29) is 11.9 Å². The molecule has 2 aromatic heterocycles. The third kappa shape index (κ3) is 4.78. The summed E-state index contributed by atoms with van der Waals surface area (Å²) in [5.74, 6) is 1.09. The molecular weight excluding hydrogens is 465 g/mol. The second-order valence-electron chi connectivity index (χ2n) is 7.58. The molecule has 0 aliphatic carbocycles. The van der Waals surface area contributed by atoms with Crippen molar-refractivity contribution in [3.63, 3.8) is 0 Å². The fourth-order valence-corrected chi connectivity index (χ4v) is 4.90. The van der Waals surface area contributed by atoms with E-state index < -0.39 is 0 Å². The molecule has 0 radical (unpaired) electrons. The fourth-order valence-electron chi connectivity index (χ4n) is 3.25. The van der Waals surface area contributed by atoms with Gasteiger partial charge in [0.1, 0.15) is 11.0 Å². The number of pyridine rings is 1. The van der Waals surface area contributed by atoms with Crippen LogP contribution in [0, 0.1) is 5.82 Å². The van der Waals surface area contributed by atoms with Gasteiger partial charge in [-0.3, -0.25) is 9.47 Å². The number of rotatable bonds is 7. The average Bonchev–Trinajstić information content (AvgIpc) is 3.21. The maximum Gasteiger partial charge on any atom is 0.196 e. The Balaban J connectivity index is 1.67. The molecule has 0 N–H and O–H groups in total. The van der Waals surface area contributed by atoms with Gasteiger partial charge in [0.2, 0.25) is 0 Å². The molecule has 166 valence electrons. The van der Waals surface area contributed by atoms with Gasteiger partial charge < -0.3 is 0 Å². The molecule has 9 heteroatoms. The first-order chi connectivity index (χ1) is 15.4. The molecule has 2 heterocycles. The normalized spacial score (nSPS) is 12.6. The summed E-state index contributed by atoms with van der Waals surface area (Å²) in [5.41, 5.74) is 2.62. The lowest BCUT2D eigenvalue weighted by atomic mass is 10.2. The van der Waals surface area contributed by atoms with Crippen molar-refractivity contribution in [1.82, 2.24) is 24.6 Å². The molecule has 0 saturated heterocycles. The van der Waals surface area contributed by atoms with Gasteiger partial charge in [-0.05, 0) is 69.7 Å². The van der Waals surface area contributed by atoms with Crippen LogP contribution in [0.4, 0.5) is 4.39 Å². The molecule has 0 bridgehead atoms. The minimum atomic E-state index is -0.281. The summed E-state index contributed by atoms with van der Waals surface area (Å²) in [4.78, 5) is 7.80. The summed E-state index contributed by atoms with van der Waals surface area (Å²) in [6.45, 7) is 2.06. The Morgan fingerprint density at radius 1 is 1.09 bits per heavy atom. The lowest BCUT2D eigenvalue weighted by Gasteiger charge is -2.20. The molecule has 4 aromatic rings. The van der Waals surface area contributed by atoms with Gasteiger partial charge in [-0.15, -0.1) is 22.0 Å². The van der Waals surface area contributed by atoms with E-state index in [0.717, 1.165) is 32.9 Å². The summed E-state index contributed by atoms with van der Waals surface area (Å²) in [6, 6.07) is 14.7. The molecule has 2 aromatic carbocycles. The van der Waals surface area contributed by atoms with Gasteiger partial charge in [-0.25, -0.2) is 9.37 Å². The van der Waals surface area contributed by atoms with E-state index in [4.69, 9.17) is 11.6 Å². The highest BCUT2D eigenvalue weighted by Crippen LogP contribution is 2.32. The summed E-state index contributed by atoms with van der Waals surface area (Å²) < 4.78 is 15.5. The molecule has 1 atom stereocenters. The molecule has 32 heavy (non-hydrogen) atoms. The number of fused-ring (bicyclic) bond motifs is 1. The molecule has 0 amide bonds. The van der Waals surface area contributed by atoms with Crippen molar-refractivity contribution in [2.45, 2.75) is 28.8 Å². The number of nitrogens with zero attached hydrogens (tertiary/aromatic N) is 5. The van der Waals surface area contributed by atoms with Crippen LogP contribution in [-0.2, 0) is 5.75 Å². The van der Waals surface area contributed by atoms with E-state index in [9.17, 15) is 4.39 Å². The van der Waals surface area contributed by atoms with Crippen LogP contribution in [-0.4, -0.2) is 45.0 Å². The van der Waals surface area contributed by atoms with Gasteiger partial charge in [0, 0.05) is 27.3 Å². The standard InChI is InChI=1S/C23H23ClFN5S2/c1-14(29(2)3)22-27-28-23(30(22)18-8-6-17(25)7-9-18)32-13-16-11-15-5-10-19(31-4)12-20(15)26-21(16)24/h5-12,14H,13H2,1-4H3. The van der Waals surface area contributed by atoms with Crippen molar-refractivity contribution in [2.24, 2.45) is 0 Å².